The zero-order chi connectivity index (χ0) is 17.1. The van der Waals surface area contributed by atoms with E-state index in [1.54, 1.807) is 0 Å². The molecule has 2 bridgehead atoms. The molecule has 0 radical (unpaired) electrons. The van der Waals surface area contributed by atoms with Crippen LogP contribution in [0.2, 0.25) is 0 Å². The van der Waals surface area contributed by atoms with Crippen LogP contribution in [0.25, 0.3) is 11.2 Å². The van der Waals surface area contributed by atoms with Crippen LogP contribution in [0, 0.1) is 0 Å². The van der Waals surface area contributed by atoms with E-state index in [0.717, 1.165) is 0 Å². The third-order valence-corrected chi connectivity index (χ3v) is 4.61. The van der Waals surface area contributed by atoms with E-state index >= 15 is 0 Å². The average molecular weight is 359 g/mol. The molecule has 2 aliphatic heterocycles. The third kappa shape index (κ3) is 2.31. The van der Waals surface area contributed by atoms with Gasteiger partial charge in [-0.05, 0) is 0 Å². The Morgan fingerprint density at radius 2 is 2.25 bits per heavy atom. The Labute approximate surface area is 134 Å². The number of fused-ring (bicyclic) bond motifs is 3. The van der Waals surface area contributed by atoms with E-state index in [0.29, 0.717) is 11.2 Å². The van der Waals surface area contributed by atoms with Crippen LogP contribution in [0.15, 0.2) is 12.7 Å². The van der Waals surface area contributed by atoms with Crippen molar-refractivity contribution in [3.05, 3.63) is 12.7 Å². The van der Waals surface area contributed by atoms with Gasteiger partial charge in [-0.15, -0.1) is 0 Å². The molecule has 0 amide bonds. The van der Waals surface area contributed by atoms with Gasteiger partial charge in [0.25, 0.3) is 0 Å². The monoisotopic (exact) mass is 359 g/mol. The smallest absolute Gasteiger partial charge is 0.387 e. The zero-order valence-electron chi connectivity index (χ0n) is 12.1. The van der Waals surface area contributed by atoms with Gasteiger partial charge in [0.15, 0.2) is 17.7 Å². The number of imidazole rings is 1. The molecule has 2 fully saturated rings. The second kappa shape index (κ2) is 5.17. The van der Waals surface area contributed by atoms with Gasteiger partial charge in [0.2, 0.25) is 0 Å². The maximum Gasteiger partial charge on any atom is 0.469 e. The highest BCUT2D eigenvalue weighted by atomic mass is 31.2. The second-order valence-electron chi connectivity index (χ2n) is 5.64. The molecule has 2 saturated heterocycles. The molecule has 4 rings (SSSR count). The van der Waals surface area contributed by atoms with Crippen molar-refractivity contribution in [3.8, 4) is 0 Å². The minimum atomic E-state index is -4.71. The number of ether oxygens (including phenoxy) is 2. The van der Waals surface area contributed by atoms with Crippen LogP contribution in [0.3, 0.4) is 0 Å². The maximum atomic E-state index is 10.9. The average Bonchev–Trinajstić information content (AvgIpc) is 3.16. The molecular weight excluding hydrogens is 345 g/mol. The maximum absolute atomic E-state index is 10.9. The number of nitrogen functional groups attached to an aromatic ring is 1. The Hall–Kier alpha value is -1.66. The highest BCUT2D eigenvalue weighted by Crippen LogP contribution is 2.48. The fourth-order valence-corrected chi connectivity index (χ4v) is 3.38. The van der Waals surface area contributed by atoms with Crippen molar-refractivity contribution in [1.82, 2.24) is 19.5 Å². The number of phosphoric ester groups is 1. The lowest BCUT2D eigenvalue weighted by molar-refractivity contribution is -0.183. The molecule has 0 unspecified atom stereocenters. The number of hydrogen-bond donors (Lipinski definition) is 4. The fraction of sp³-hybridized carbons (Fsp3) is 0.545. The molecule has 2 aromatic heterocycles. The number of aliphatic hydroxyl groups is 1. The molecule has 0 aliphatic carbocycles. The quantitative estimate of drug-likeness (QED) is 0.470. The first-order chi connectivity index (χ1) is 11.3. The molecule has 2 aromatic rings. The van der Waals surface area contributed by atoms with E-state index in [9.17, 15) is 9.67 Å². The molecule has 130 valence electrons. The van der Waals surface area contributed by atoms with Gasteiger partial charge in [-0.1, -0.05) is 0 Å². The molecule has 0 saturated carbocycles. The van der Waals surface area contributed by atoms with Gasteiger partial charge in [0, 0.05) is 0 Å². The standard InChI is InChI=1S/C11H14N5O7P/c12-8-5-9(14-3-13-8)16(4-15-5)10-6-7(17)11(23-10,1-21-6)2-22-24(18,19)20/h3-4,6-7,10,17H,1-2H2,(H2,12,13,14)(H2,18,19,20)/t6-,7+,10-,11-/m1/s1. The highest BCUT2D eigenvalue weighted by molar-refractivity contribution is 7.46. The van der Waals surface area contributed by atoms with Gasteiger partial charge in [-0.2, -0.15) is 0 Å². The number of aromatic nitrogens is 4. The van der Waals surface area contributed by atoms with Gasteiger partial charge < -0.3 is 30.1 Å². The largest absolute Gasteiger partial charge is 0.469 e. The van der Waals surface area contributed by atoms with Crippen LogP contribution in [0.4, 0.5) is 5.82 Å². The summed E-state index contributed by atoms with van der Waals surface area (Å²) in [5.74, 6) is 0.197. The van der Waals surface area contributed by atoms with E-state index in [1.165, 1.54) is 17.2 Å². The topological polar surface area (TPSA) is 175 Å². The van der Waals surface area contributed by atoms with E-state index in [1.807, 2.05) is 0 Å². The summed E-state index contributed by atoms with van der Waals surface area (Å²) >= 11 is 0. The summed E-state index contributed by atoms with van der Waals surface area (Å²) in [5, 5.41) is 10.4. The normalized spacial score (nSPS) is 32.7. The van der Waals surface area contributed by atoms with Gasteiger partial charge in [-0.3, -0.25) is 9.09 Å². The first-order valence-corrected chi connectivity index (χ1v) is 8.44. The Kier molecular flexibility index (Phi) is 3.41. The van der Waals surface area contributed by atoms with E-state index in [2.05, 4.69) is 19.5 Å². The molecule has 12 nitrogen and oxygen atoms in total. The number of anilines is 1. The summed E-state index contributed by atoms with van der Waals surface area (Å²) in [5.41, 5.74) is 5.12. The number of hydrogen-bond acceptors (Lipinski definition) is 9. The minimum absolute atomic E-state index is 0.0565. The highest BCUT2D eigenvalue weighted by Gasteiger charge is 2.62. The Morgan fingerprint density at radius 3 is 3.00 bits per heavy atom. The van der Waals surface area contributed by atoms with Crippen molar-refractivity contribution in [2.24, 2.45) is 0 Å². The van der Waals surface area contributed by atoms with Crippen molar-refractivity contribution in [2.45, 2.75) is 24.0 Å². The molecule has 0 spiro atoms. The number of phosphoric acid groups is 1. The molecule has 0 aromatic carbocycles. The number of aliphatic hydroxyl groups excluding tert-OH is 1. The Bertz CT molecular complexity index is 839. The van der Waals surface area contributed by atoms with Gasteiger partial charge in [0.05, 0.1) is 19.5 Å². The number of nitrogens with zero attached hydrogens (tertiary/aromatic N) is 4. The molecule has 5 N–H and O–H groups in total. The Morgan fingerprint density at radius 1 is 1.46 bits per heavy atom. The van der Waals surface area contributed by atoms with Crippen molar-refractivity contribution >= 4 is 24.8 Å². The predicted octanol–water partition coefficient (Wildman–Crippen LogP) is -1.45. The number of nitrogens with two attached hydrogens (primary N) is 1. The summed E-state index contributed by atoms with van der Waals surface area (Å²) in [6, 6.07) is 0. The SMILES string of the molecule is Nc1ncnc2c1ncn2[C@@H]1O[C@@]2(COP(=O)(O)O)CO[C@@H]1[C@@H]2O. The van der Waals surface area contributed by atoms with Crippen molar-refractivity contribution in [3.63, 3.8) is 0 Å². The molecular formula is C11H14N5O7P. The minimum Gasteiger partial charge on any atom is -0.387 e. The van der Waals surface area contributed by atoms with Crippen molar-refractivity contribution in [1.29, 1.82) is 0 Å². The zero-order valence-corrected chi connectivity index (χ0v) is 13.0. The summed E-state index contributed by atoms with van der Waals surface area (Å²) < 4.78 is 28.3. The van der Waals surface area contributed by atoms with Crippen molar-refractivity contribution < 1.29 is 33.5 Å². The van der Waals surface area contributed by atoms with Crippen LogP contribution in [-0.4, -0.2) is 65.4 Å². The van der Waals surface area contributed by atoms with Crippen LogP contribution >= 0.6 is 7.82 Å². The summed E-state index contributed by atoms with van der Waals surface area (Å²) in [6.07, 6.45) is -0.000108. The number of rotatable bonds is 4. The molecule has 4 heterocycles. The summed E-state index contributed by atoms with van der Waals surface area (Å²) in [7, 11) is -4.71. The lowest BCUT2D eigenvalue weighted by Crippen LogP contribution is -2.44. The van der Waals surface area contributed by atoms with Crippen LogP contribution in [0.1, 0.15) is 6.23 Å². The molecule has 13 heteroatoms. The van der Waals surface area contributed by atoms with E-state index < -0.39 is 38.5 Å². The van der Waals surface area contributed by atoms with Gasteiger partial charge in [0.1, 0.15) is 29.7 Å². The van der Waals surface area contributed by atoms with E-state index in [4.69, 9.17) is 25.0 Å². The predicted molar refractivity (Wildman–Crippen MR) is 76.3 cm³/mol. The van der Waals surface area contributed by atoms with Crippen molar-refractivity contribution in [2.75, 3.05) is 18.9 Å². The van der Waals surface area contributed by atoms with Crippen LogP contribution < -0.4 is 5.73 Å². The fourth-order valence-electron chi connectivity index (χ4n) is 2.99. The summed E-state index contributed by atoms with van der Waals surface area (Å²) in [4.78, 5) is 29.8. The second-order valence-corrected chi connectivity index (χ2v) is 6.88. The lowest BCUT2D eigenvalue weighted by Gasteiger charge is -2.30. The lowest BCUT2D eigenvalue weighted by atomic mass is 10.0. The third-order valence-electron chi connectivity index (χ3n) is 4.15. The van der Waals surface area contributed by atoms with Crippen LogP contribution in [0.5, 0.6) is 0 Å². The van der Waals surface area contributed by atoms with Gasteiger partial charge in [-0.25, -0.2) is 19.5 Å². The first-order valence-electron chi connectivity index (χ1n) is 6.91. The van der Waals surface area contributed by atoms with Gasteiger partial charge >= 0.3 is 7.82 Å². The molecule has 2 aliphatic rings. The first kappa shape index (κ1) is 15.8. The molecule has 24 heavy (non-hydrogen) atoms. The van der Waals surface area contributed by atoms with Crippen LogP contribution in [-0.2, 0) is 18.6 Å². The van der Waals surface area contributed by atoms with E-state index in [-0.39, 0.29) is 12.4 Å². The molecule has 4 atom stereocenters. The summed E-state index contributed by atoms with van der Waals surface area (Å²) in [6.45, 7) is -0.575. The Balaban J connectivity index is 1.66.